The highest BCUT2D eigenvalue weighted by atomic mass is 32.1. The number of nitrogens with zero attached hydrogens (tertiary/aromatic N) is 1. The molecule has 1 aromatic carbocycles. The molecule has 0 atom stereocenters. The van der Waals surface area contributed by atoms with E-state index in [2.05, 4.69) is 24.1 Å². The molecule has 1 aromatic heterocycles. The number of thiophene rings is 1. The zero-order chi connectivity index (χ0) is 16.7. The van der Waals surface area contributed by atoms with E-state index in [9.17, 15) is 9.59 Å². The number of carbonyl (C=O) groups excluding carboxylic acids is 2. The first-order valence-corrected chi connectivity index (χ1v) is 8.73. The number of hydrogen-bond acceptors (Lipinski definition) is 4. The molecule has 0 aliphatic carbocycles. The van der Waals surface area contributed by atoms with Gasteiger partial charge in [-0.1, -0.05) is 38.1 Å². The molecule has 1 heterocycles. The van der Waals surface area contributed by atoms with Crippen molar-refractivity contribution in [1.29, 1.82) is 0 Å². The van der Waals surface area contributed by atoms with Gasteiger partial charge in [0.1, 0.15) is 0 Å². The third-order valence-corrected chi connectivity index (χ3v) is 4.64. The van der Waals surface area contributed by atoms with Crippen LogP contribution in [0.4, 0.5) is 0 Å². The van der Waals surface area contributed by atoms with Crippen LogP contribution >= 0.6 is 11.3 Å². The summed E-state index contributed by atoms with van der Waals surface area (Å²) in [6.07, 6.45) is 0. The zero-order valence-corrected chi connectivity index (χ0v) is 14.4. The van der Waals surface area contributed by atoms with Gasteiger partial charge in [-0.15, -0.1) is 11.3 Å². The van der Waals surface area contributed by atoms with Gasteiger partial charge < -0.3 is 10.2 Å². The fourth-order valence-electron chi connectivity index (χ4n) is 2.38. The molecule has 1 amide bonds. The first kappa shape index (κ1) is 17.4. The lowest BCUT2D eigenvalue weighted by Gasteiger charge is -2.18. The summed E-state index contributed by atoms with van der Waals surface area (Å²) >= 11 is 1.39. The van der Waals surface area contributed by atoms with Gasteiger partial charge in [-0.25, -0.2) is 0 Å². The predicted molar refractivity (Wildman–Crippen MR) is 94.3 cm³/mol. The van der Waals surface area contributed by atoms with E-state index in [0.29, 0.717) is 22.5 Å². The van der Waals surface area contributed by atoms with Crippen LogP contribution in [0.15, 0.2) is 41.8 Å². The Hall–Kier alpha value is -1.98. The third kappa shape index (κ3) is 4.50. The first-order valence-electron chi connectivity index (χ1n) is 7.85. The molecule has 0 fully saturated rings. The van der Waals surface area contributed by atoms with Crippen molar-refractivity contribution in [2.75, 3.05) is 26.2 Å². The van der Waals surface area contributed by atoms with E-state index in [1.807, 2.05) is 11.4 Å². The average molecular weight is 330 g/mol. The van der Waals surface area contributed by atoms with E-state index in [0.717, 1.165) is 19.6 Å². The zero-order valence-electron chi connectivity index (χ0n) is 13.5. The predicted octanol–water partition coefficient (Wildman–Crippen LogP) is 3.05. The highest BCUT2D eigenvalue weighted by molar-refractivity contribution is 7.12. The van der Waals surface area contributed by atoms with Gasteiger partial charge in [-0.05, 0) is 30.6 Å². The molecule has 4 nitrogen and oxygen atoms in total. The Balaban J connectivity index is 2.08. The molecule has 0 radical (unpaired) electrons. The molecule has 0 aliphatic heterocycles. The van der Waals surface area contributed by atoms with Gasteiger partial charge in [0.05, 0.1) is 10.4 Å². The van der Waals surface area contributed by atoms with Crippen LogP contribution in [0.2, 0.25) is 0 Å². The first-order chi connectivity index (χ1) is 11.2. The smallest absolute Gasteiger partial charge is 0.252 e. The largest absolute Gasteiger partial charge is 0.351 e. The number of ketones is 1. The lowest BCUT2D eigenvalue weighted by atomic mass is 10.0. The molecule has 0 saturated heterocycles. The number of rotatable bonds is 8. The van der Waals surface area contributed by atoms with Crippen molar-refractivity contribution in [1.82, 2.24) is 10.2 Å². The standard InChI is InChI=1S/C18H22N2O2S/c1-3-20(4-2)12-11-19-18(22)15-9-6-5-8-14(15)17(21)16-10-7-13-23-16/h5-10,13H,3-4,11-12H2,1-2H3,(H,19,22). The molecule has 5 heteroatoms. The molecular formula is C18H22N2O2S. The van der Waals surface area contributed by atoms with Crippen LogP contribution in [0.25, 0.3) is 0 Å². The quantitative estimate of drug-likeness (QED) is 0.757. The van der Waals surface area contributed by atoms with Crippen molar-refractivity contribution in [3.8, 4) is 0 Å². The minimum atomic E-state index is -0.197. The van der Waals surface area contributed by atoms with Gasteiger partial charge >= 0.3 is 0 Å². The molecule has 1 N–H and O–H groups in total. The van der Waals surface area contributed by atoms with Crippen molar-refractivity contribution < 1.29 is 9.59 Å². The maximum absolute atomic E-state index is 12.5. The lowest BCUT2D eigenvalue weighted by molar-refractivity contribution is 0.0938. The monoisotopic (exact) mass is 330 g/mol. The van der Waals surface area contributed by atoms with Crippen LogP contribution in [0.3, 0.4) is 0 Å². The van der Waals surface area contributed by atoms with Crippen LogP contribution in [-0.4, -0.2) is 42.8 Å². The Morgan fingerprint density at radius 1 is 1.04 bits per heavy atom. The second-order valence-electron chi connectivity index (χ2n) is 5.13. The van der Waals surface area contributed by atoms with E-state index in [1.165, 1.54) is 11.3 Å². The fraction of sp³-hybridized carbons (Fsp3) is 0.333. The summed E-state index contributed by atoms with van der Waals surface area (Å²) in [7, 11) is 0. The topological polar surface area (TPSA) is 49.4 Å². The van der Waals surface area contributed by atoms with Crippen LogP contribution in [0.1, 0.15) is 39.4 Å². The summed E-state index contributed by atoms with van der Waals surface area (Å²) in [6, 6.07) is 10.6. The summed E-state index contributed by atoms with van der Waals surface area (Å²) < 4.78 is 0. The van der Waals surface area contributed by atoms with Crippen molar-refractivity contribution >= 4 is 23.0 Å². The van der Waals surface area contributed by atoms with Crippen LogP contribution in [0.5, 0.6) is 0 Å². The summed E-state index contributed by atoms with van der Waals surface area (Å²) in [4.78, 5) is 27.8. The van der Waals surface area contributed by atoms with Gasteiger partial charge in [0, 0.05) is 18.7 Å². The number of hydrogen-bond donors (Lipinski definition) is 1. The Morgan fingerprint density at radius 2 is 1.74 bits per heavy atom. The van der Waals surface area contributed by atoms with Crippen molar-refractivity contribution in [2.45, 2.75) is 13.8 Å². The maximum Gasteiger partial charge on any atom is 0.252 e. The molecule has 0 aliphatic rings. The van der Waals surface area contributed by atoms with Crippen LogP contribution in [-0.2, 0) is 0 Å². The Morgan fingerprint density at radius 3 is 2.35 bits per heavy atom. The maximum atomic E-state index is 12.5. The van der Waals surface area contributed by atoms with E-state index >= 15 is 0 Å². The Bertz CT molecular complexity index is 649. The van der Waals surface area contributed by atoms with Gasteiger partial charge in [0.2, 0.25) is 5.78 Å². The van der Waals surface area contributed by atoms with Gasteiger partial charge in [0.15, 0.2) is 0 Å². The molecule has 0 bridgehead atoms. The van der Waals surface area contributed by atoms with Crippen LogP contribution < -0.4 is 5.32 Å². The molecule has 0 saturated carbocycles. The van der Waals surface area contributed by atoms with E-state index in [-0.39, 0.29) is 11.7 Å². The van der Waals surface area contributed by atoms with Crippen molar-refractivity contribution in [2.24, 2.45) is 0 Å². The number of amides is 1. The minimum Gasteiger partial charge on any atom is -0.351 e. The number of benzene rings is 1. The highest BCUT2D eigenvalue weighted by Crippen LogP contribution is 2.18. The lowest BCUT2D eigenvalue weighted by Crippen LogP contribution is -2.35. The average Bonchev–Trinajstić information content (AvgIpc) is 3.12. The summed E-state index contributed by atoms with van der Waals surface area (Å²) in [5.74, 6) is -0.299. The molecule has 122 valence electrons. The molecule has 0 unspecified atom stereocenters. The van der Waals surface area contributed by atoms with Crippen molar-refractivity contribution in [3.63, 3.8) is 0 Å². The summed E-state index contributed by atoms with van der Waals surface area (Å²) in [5, 5.41) is 4.77. The molecule has 2 rings (SSSR count). The highest BCUT2D eigenvalue weighted by Gasteiger charge is 2.18. The van der Waals surface area contributed by atoms with Gasteiger partial charge in [-0.2, -0.15) is 0 Å². The minimum absolute atomic E-state index is 0.102. The van der Waals surface area contributed by atoms with Crippen LogP contribution in [0, 0.1) is 0 Å². The summed E-state index contributed by atoms with van der Waals surface area (Å²) in [5.41, 5.74) is 0.890. The number of carbonyl (C=O) groups is 2. The number of likely N-dealkylation sites (N-methyl/N-ethyl adjacent to an activating group) is 1. The SMILES string of the molecule is CCN(CC)CCNC(=O)c1ccccc1C(=O)c1cccs1. The normalized spacial score (nSPS) is 10.7. The van der Waals surface area contributed by atoms with E-state index in [4.69, 9.17) is 0 Å². The molecule has 2 aromatic rings. The van der Waals surface area contributed by atoms with E-state index < -0.39 is 0 Å². The van der Waals surface area contributed by atoms with E-state index in [1.54, 1.807) is 30.3 Å². The Kier molecular flexibility index (Phi) is 6.50. The third-order valence-electron chi connectivity index (χ3n) is 3.77. The second kappa shape index (κ2) is 8.60. The molecule has 23 heavy (non-hydrogen) atoms. The summed E-state index contributed by atoms with van der Waals surface area (Å²) in [6.45, 7) is 7.49. The second-order valence-corrected chi connectivity index (χ2v) is 6.08. The van der Waals surface area contributed by atoms with Gasteiger partial charge in [0.25, 0.3) is 5.91 Å². The Labute approximate surface area is 141 Å². The van der Waals surface area contributed by atoms with Gasteiger partial charge in [-0.3, -0.25) is 9.59 Å². The molecule has 0 spiro atoms. The molecular weight excluding hydrogens is 308 g/mol. The fourth-order valence-corrected chi connectivity index (χ4v) is 3.06. The van der Waals surface area contributed by atoms with Crippen molar-refractivity contribution in [3.05, 3.63) is 57.8 Å². The number of nitrogens with one attached hydrogen (secondary N) is 1.